The van der Waals surface area contributed by atoms with Crippen LogP contribution in [-0.4, -0.2) is 19.2 Å². The summed E-state index contributed by atoms with van der Waals surface area (Å²) in [5, 5.41) is 4.34. The third kappa shape index (κ3) is 3.37. The zero-order valence-electron chi connectivity index (χ0n) is 11.8. The zero-order valence-corrected chi connectivity index (χ0v) is 13.4. The monoisotopic (exact) mass is 310 g/mol. The van der Waals surface area contributed by atoms with E-state index in [1.807, 2.05) is 20.0 Å². The molecule has 20 heavy (non-hydrogen) atoms. The van der Waals surface area contributed by atoms with Crippen LogP contribution in [0.25, 0.3) is 0 Å². The molecule has 1 N–H and O–H groups in total. The van der Waals surface area contributed by atoms with Gasteiger partial charge in [0.2, 0.25) is 0 Å². The van der Waals surface area contributed by atoms with Crippen LogP contribution >= 0.6 is 11.3 Å². The van der Waals surface area contributed by atoms with Crippen LogP contribution in [0.15, 0.2) is 35.4 Å². The molecule has 0 aliphatic rings. The summed E-state index contributed by atoms with van der Waals surface area (Å²) in [5.74, 6) is 0.120. The van der Waals surface area contributed by atoms with Gasteiger partial charge in [-0.2, -0.15) is 0 Å². The Hall–Kier alpha value is -1.40. The Morgan fingerprint density at radius 2 is 1.95 bits per heavy atom. The molecule has 1 aromatic carbocycles. The predicted molar refractivity (Wildman–Crippen MR) is 83.1 cm³/mol. The summed E-state index contributed by atoms with van der Waals surface area (Å²) >= 11 is 1.66. The van der Waals surface area contributed by atoms with E-state index in [-0.39, 0.29) is 11.8 Å². The highest BCUT2D eigenvalue weighted by molar-refractivity contribution is 7.91. The van der Waals surface area contributed by atoms with E-state index >= 15 is 0 Å². The van der Waals surface area contributed by atoms with Gasteiger partial charge >= 0.3 is 0 Å². The lowest BCUT2D eigenvalue weighted by Crippen LogP contribution is -2.07. The van der Waals surface area contributed by atoms with Crippen molar-refractivity contribution in [2.75, 3.05) is 11.1 Å². The molecular weight excluding hydrogens is 292 g/mol. The lowest BCUT2D eigenvalue weighted by molar-refractivity contribution is 0.597. The van der Waals surface area contributed by atoms with Crippen LogP contribution < -0.4 is 5.32 Å². The minimum Gasteiger partial charge on any atom is -0.376 e. The fraction of sp³-hybridized carbons (Fsp3) is 0.357. The molecule has 6 heteroatoms. The molecule has 0 saturated carbocycles. The van der Waals surface area contributed by atoms with E-state index in [1.165, 1.54) is 4.88 Å². The molecule has 2 rings (SSSR count). The molecule has 0 fully saturated rings. The average molecular weight is 310 g/mol. The van der Waals surface area contributed by atoms with Gasteiger partial charge in [0, 0.05) is 16.8 Å². The van der Waals surface area contributed by atoms with Crippen molar-refractivity contribution in [3.8, 4) is 0 Å². The molecule has 0 amide bonds. The first-order valence-corrected chi connectivity index (χ1v) is 8.91. The van der Waals surface area contributed by atoms with Crippen molar-refractivity contribution in [3.05, 3.63) is 40.3 Å². The molecule has 1 aromatic heterocycles. The van der Waals surface area contributed by atoms with Crippen LogP contribution in [-0.2, 0) is 9.84 Å². The fourth-order valence-electron chi connectivity index (χ4n) is 1.81. The second-order valence-corrected chi connectivity index (χ2v) is 8.15. The van der Waals surface area contributed by atoms with Gasteiger partial charge in [-0.3, -0.25) is 0 Å². The van der Waals surface area contributed by atoms with E-state index in [0.29, 0.717) is 4.90 Å². The number of nitrogens with one attached hydrogen (secondary N) is 1. The fourth-order valence-corrected chi connectivity index (χ4v) is 3.47. The number of sulfone groups is 1. The number of hydrogen-bond acceptors (Lipinski definition) is 5. The second-order valence-electron chi connectivity index (χ2n) is 4.60. The first-order chi connectivity index (χ1) is 9.42. The van der Waals surface area contributed by atoms with Crippen molar-refractivity contribution in [2.45, 2.75) is 31.7 Å². The van der Waals surface area contributed by atoms with Crippen LogP contribution in [0.3, 0.4) is 0 Å². The number of aryl methyl sites for hydroxylation is 1. The van der Waals surface area contributed by atoms with Crippen LogP contribution in [0.5, 0.6) is 0 Å². The number of anilines is 1. The molecule has 1 unspecified atom stereocenters. The van der Waals surface area contributed by atoms with Gasteiger partial charge in [-0.05, 0) is 38.1 Å². The lowest BCUT2D eigenvalue weighted by atomic mass is 10.3. The molecule has 108 valence electrons. The smallest absolute Gasteiger partial charge is 0.178 e. The maximum Gasteiger partial charge on any atom is 0.178 e. The van der Waals surface area contributed by atoms with Gasteiger partial charge in [0.1, 0.15) is 5.01 Å². The van der Waals surface area contributed by atoms with E-state index in [4.69, 9.17) is 0 Å². The number of rotatable bonds is 5. The molecule has 0 radical (unpaired) electrons. The summed E-state index contributed by atoms with van der Waals surface area (Å²) in [4.78, 5) is 5.88. The molecule has 4 nitrogen and oxygen atoms in total. The number of aromatic nitrogens is 1. The SMILES string of the molecule is CCS(=O)(=O)c1ccc(NC(C)c2ncc(C)s2)cc1. The summed E-state index contributed by atoms with van der Waals surface area (Å²) in [6, 6.07) is 6.96. The van der Waals surface area contributed by atoms with E-state index < -0.39 is 9.84 Å². The summed E-state index contributed by atoms with van der Waals surface area (Å²) in [7, 11) is -3.13. The first-order valence-electron chi connectivity index (χ1n) is 6.44. The minimum absolute atomic E-state index is 0.0994. The third-order valence-electron chi connectivity index (χ3n) is 2.99. The van der Waals surface area contributed by atoms with Crippen LogP contribution in [0.4, 0.5) is 5.69 Å². The highest BCUT2D eigenvalue weighted by atomic mass is 32.2. The Morgan fingerprint density at radius 1 is 1.30 bits per heavy atom. The zero-order chi connectivity index (χ0) is 14.8. The maximum atomic E-state index is 11.7. The van der Waals surface area contributed by atoms with Gasteiger partial charge in [0.05, 0.1) is 16.7 Å². The topological polar surface area (TPSA) is 59.1 Å². The summed E-state index contributed by atoms with van der Waals surface area (Å²) in [5.41, 5.74) is 0.889. The normalized spacial score (nSPS) is 13.2. The Morgan fingerprint density at radius 3 is 2.45 bits per heavy atom. The number of hydrogen-bond donors (Lipinski definition) is 1. The summed E-state index contributed by atoms with van der Waals surface area (Å²) in [6.07, 6.45) is 1.86. The molecule has 1 heterocycles. The first kappa shape index (κ1) is 15.0. The van der Waals surface area contributed by atoms with Crippen molar-refractivity contribution in [2.24, 2.45) is 0 Å². The highest BCUT2D eigenvalue weighted by Gasteiger charge is 2.12. The van der Waals surface area contributed by atoms with E-state index in [2.05, 4.69) is 10.3 Å². The van der Waals surface area contributed by atoms with Crippen LogP contribution in [0.1, 0.15) is 29.8 Å². The van der Waals surface area contributed by atoms with Crippen molar-refractivity contribution in [3.63, 3.8) is 0 Å². The van der Waals surface area contributed by atoms with Gasteiger partial charge < -0.3 is 5.32 Å². The van der Waals surface area contributed by atoms with E-state index in [1.54, 1.807) is 42.5 Å². The lowest BCUT2D eigenvalue weighted by Gasteiger charge is -2.13. The van der Waals surface area contributed by atoms with Crippen LogP contribution in [0, 0.1) is 6.92 Å². The number of benzene rings is 1. The van der Waals surface area contributed by atoms with Crippen molar-refractivity contribution in [1.29, 1.82) is 0 Å². The molecular formula is C14H18N2O2S2. The maximum absolute atomic E-state index is 11.7. The standard InChI is InChI=1S/C14H18N2O2S2/c1-4-20(17,18)13-7-5-12(6-8-13)16-11(3)14-15-9-10(2)19-14/h5-9,11,16H,4H2,1-3H3. The molecule has 0 bridgehead atoms. The van der Waals surface area contributed by atoms with Gasteiger partial charge in [-0.15, -0.1) is 11.3 Å². The summed E-state index contributed by atoms with van der Waals surface area (Å²) < 4.78 is 23.5. The number of nitrogens with zero attached hydrogens (tertiary/aromatic N) is 1. The van der Waals surface area contributed by atoms with Crippen molar-refractivity contribution < 1.29 is 8.42 Å². The molecule has 0 saturated heterocycles. The van der Waals surface area contributed by atoms with Crippen LogP contribution in [0.2, 0.25) is 0 Å². The van der Waals surface area contributed by atoms with Gasteiger partial charge in [0.15, 0.2) is 9.84 Å². The molecule has 1 atom stereocenters. The van der Waals surface area contributed by atoms with Crippen molar-refractivity contribution in [1.82, 2.24) is 4.98 Å². The Kier molecular flexibility index (Phi) is 4.45. The molecule has 0 spiro atoms. The van der Waals surface area contributed by atoms with Gasteiger partial charge in [0.25, 0.3) is 0 Å². The minimum atomic E-state index is -3.13. The predicted octanol–water partition coefficient (Wildman–Crippen LogP) is 3.42. The van der Waals surface area contributed by atoms with E-state index in [9.17, 15) is 8.42 Å². The Bertz CT molecular complexity index is 675. The quantitative estimate of drug-likeness (QED) is 0.919. The Labute approximate surface area is 123 Å². The average Bonchev–Trinajstić information content (AvgIpc) is 2.86. The van der Waals surface area contributed by atoms with E-state index in [0.717, 1.165) is 10.7 Å². The van der Waals surface area contributed by atoms with Gasteiger partial charge in [-0.25, -0.2) is 13.4 Å². The molecule has 0 aliphatic heterocycles. The summed E-state index contributed by atoms with van der Waals surface area (Å²) in [6.45, 7) is 5.71. The largest absolute Gasteiger partial charge is 0.376 e. The number of thiazole rings is 1. The molecule has 2 aromatic rings. The third-order valence-corrected chi connectivity index (χ3v) is 5.83. The van der Waals surface area contributed by atoms with Crippen molar-refractivity contribution >= 4 is 26.9 Å². The highest BCUT2D eigenvalue weighted by Crippen LogP contribution is 2.24. The Balaban J connectivity index is 2.11. The van der Waals surface area contributed by atoms with Gasteiger partial charge in [-0.1, -0.05) is 6.92 Å². The molecule has 0 aliphatic carbocycles. The second kappa shape index (κ2) is 5.93.